The van der Waals surface area contributed by atoms with Gasteiger partial charge in [-0.15, -0.1) is 0 Å². The summed E-state index contributed by atoms with van der Waals surface area (Å²) in [4.78, 5) is 37.3. The van der Waals surface area contributed by atoms with Crippen molar-refractivity contribution in [2.45, 2.75) is 37.5 Å². The van der Waals surface area contributed by atoms with Crippen molar-refractivity contribution in [3.8, 4) is 0 Å². The fourth-order valence-corrected chi connectivity index (χ4v) is 3.80. The zero-order valence-electron chi connectivity index (χ0n) is 13.3. The number of methoxy groups -OCH3 is 1. The lowest BCUT2D eigenvalue weighted by Crippen LogP contribution is -2.56. The molecule has 0 saturated carbocycles. The largest absolute Gasteiger partial charge is 0.469 e. The van der Waals surface area contributed by atoms with Crippen molar-refractivity contribution < 1.29 is 29.0 Å². The van der Waals surface area contributed by atoms with Gasteiger partial charge in [0, 0.05) is 12.5 Å². The number of benzene rings is 1. The molecule has 1 aromatic carbocycles. The van der Waals surface area contributed by atoms with Gasteiger partial charge in [0.1, 0.15) is 12.0 Å². The first-order valence-corrected chi connectivity index (χ1v) is 7.88. The molecule has 1 amide bonds. The van der Waals surface area contributed by atoms with E-state index in [2.05, 4.69) is 0 Å². The van der Waals surface area contributed by atoms with E-state index < -0.39 is 36.1 Å². The van der Waals surface area contributed by atoms with Crippen LogP contribution in [-0.2, 0) is 14.3 Å². The van der Waals surface area contributed by atoms with Crippen molar-refractivity contribution in [3.63, 3.8) is 0 Å². The van der Waals surface area contributed by atoms with Crippen LogP contribution in [-0.4, -0.2) is 53.3 Å². The van der Waals surface area contributed by atoms with E-state index in [9.17, 15) is 19.5 Å². The molecule has 7 nitrogen and oxygen atoms in total. The van der Waals surface area contributed by atoms with E-state index in [0.717, 1.165) is 0 Å². The first kappa shape index (κ1) is 16.3. The Morgan fingerprint density at radius 1 is 1.17 bits per heavy atom. The quantitative estimate of drug-likeness (QED) is 0.850. The standard InChI is InChI=1S/C17H19NO6/c1-23-16(20)14-12-8-7-11(18(12)17(21)22)9-13(14)24-15(19)10-5-3-2-4-6-10/h2-6,11-14H,7-9H2,1H3,(H,21,22)/t11-,12+,13-,14-/m0/s1. The Hall–Kier alpha value is -2.57. The number of ether oxygens (including phenoxy) is 2. The molecular formula is C17H19NO6. The fourth-order valence-electron chi connectivity index (χ4n) is 3.80. The van der Waals surface area contributed by atoms with Gasteiger partial charge in [0.25, 0.3) is 0 Å². The van der Waals surface area contributed by atoms with Crippen LogP contribution in [0.5, 0.6) is 0 Å². The Bertz CT molecular complexity index is 646. The predicted octanol–water partition coefficient (Wildman–Crippen LogP) is 1.92. The Morgan fingerprint density at radius 3 is 2.50 bits per heavy atom. The van der Waals surface area contributed by atoms with Gasteiger partial charge < -0.3 is 19.5 Å². The number of fused-ring (bicyclic) bond motifs is 2. The summed E-state index contributed by atoms with van der Waals surface area (Å²) < 4.78 is 10.4. The molecule has 0 radical (unpaired) electrons. The molecule has 0 spiro atoms. The molecule has 3 rings (SSSR count). The number of hydrogen-bond donors (Lipinski definition) is 1. The minimum absolute atomic E-state index is 0.234. The van der Waals surface area contributed by atoms with Gasteiger partial charge in [-0.2, -0.15) is 0 Å². The maximum absolute atomic E-state index is 12.3. The van der Waals surface area contributed by atoms with Gasteiger partial charge in [0.2, 0.25) is 0 Å². The molecule has 0 unspecified atom stereocenters. The first-order chi connectivity index (χ1) is 11.5. The number of nitrogens with zero attached hydrogens (tertiary/aromatic N) is 1. The number of rotatable bonds is 3. The molecule has 0 aromatic heterocycles. The maximum Gasteiger partial charge on any atom is 0.407 e. The molecule has 1 aromatic rings. The van der Waals surface area contributed by atoms with Gasteiger partial charge >= 0.3 is 18.0 Å². The van der Waals surface area contributed by atoms with E-state index in [1.165, 1.54) is 12.0 Å². The number of esters is 2. The van der Waals surface area contributed by atoms with Crippen LogP contribution >= 0.6 is 0 Å². The molecule has 4 atom stereocenters. The summed E-state index contributed by atoms with van der Waals surface area (Å²) >= 11 is 0. The Labute approximate surface area is 139 Å². The van der Waals surface area contributed by atoms with Crippen LogP contribution in [0.25, 0.3) is 0 Å². The summed E-state index contributed by atoms with van der Waals surface area (Å²) in [5.41, 5.74) is 0.397. The average molecular weight is 333 g/mol. The lowest BCUT2D eigenvalue weighted by molar-refractivity contribution is -0.155. The Morgan fingerprint density at radius 2 is 1.88 bits per heavy atom. The number of carbonyl (C=O) groups is 3. The molecular weight excluding hydrogens is 314 g/mol. The highest BCUT2D eigenvalue weighted by Crippen LogP contribution is 2.41. The highest BCUT2D eigenvalue weighted by Gasteiger charge is 2.54. The van der Waals surface area contributed by atoms with E-state index in [4.69, 9.17) is 9.47 Å². The maximum atomic E-state index is 12.3. The molecule has 2 heterocycles. The normalized spacial score (nSPS) is 28.3. The molecule has 0 aliphatic carbocycles. The lowest BCUT2D eigenvalue weighted by atomic mass is 9.87. The highest BCUT2D eigenvalue weighted by molar-refractivity contribution is 5.89. The van der Waals surface area contributed by atoms with Crippen molar-refractivity contribution in [2.24, 2.45) is 5.92 Å². The molecule has 1 N–H and O–H groups in total. The molecule has 2 aliphatic heterocycles. The van der Waals surface area contributed by atoms with Gasteiger partial charge in [0.05, 0.1) is 18.7 Å². The van der Waals surface area contributed by atoms with Crippen molar-refractivity contribution in [1.82, 2.24) is 4.90 Å². The molecule has 7 heteroatoms. The number of carbonyl (C=O) groups excluding carboxylic acids is 2. The fraction of sp³-hybridized carbons (Fsp3) is 0.471. The molecule has 2 bridgehead atoms. The van der Waals surface area contributed by atoms with E-state index >= 15 is 0 Å². The van der Waals surface area contributed by atoms with E-state index in [-0.39, 0.29) is 6.04 Å². The van der Waals surface area contributed by atoms with Gasteiger partial charge in [0.15, 0.2) is 0 Å². The number of amides is 1. The summed E-state index contributed by atoms with van der Waals surface area (Å²) in [6.45, 7) is 0. The first-order valence-electron chi connectivity index (χ1n) is 7.88. The smallest absolute Gasteiger partial charge is 0.407 e. The second-order valence-electron chi connectivity index (χ2n) is 6.08. The summed E-state index contributed by atoms with van der Waals surface area (Å²) in [6, 6.07) is 7.77. The van der Waals surface area contributed by atoms with Crippen molar-refractivity contribution in [3.05, 3.63) is 35.9 Å². The van der Waals surface area contributed by atoms with Crippen LogP contribution in [0.1, 0.15) is 29.6 Å². The second-order valence-corrected chi connectivity index (χ2v) is 6.08. The molecule has 24 heavy (non-hydrogen) atoms. The van der Waals surface area contributed by atoms with E-state index in [0.29, 0.717) is 24.8 Å². The topological polar surface area (TPSA) is 93.1 Å². The van der Waals surface area contributed by atoms with Gasteiger partial charge in [-0.1, -0.05) is 18.2 Å². The minimum atomic E-state index is -1.05. The zero-order valence-corrected chi connectivity index (χ0v) is 13.3. The summed E-state index contributed by atoms with van der Waals surface area (Å²) in [7, 11) is 1.25. The van der Waals surface area contributed by atoms with Crippen LogP contribution in [0.3, 0.4) is 0 Å². The van der Waals surface area contributed by atoms with Crippen LogP contribution in [0, 0.1) is 5.92 Å². The lowest BCUT2D eigenvalue weighted by Gasteiger charge is -2.41. The van der Waals surface area contributed by atoms with Crippen LogP contribution in [0.2, 0.25) is 0 Å². The third-order valence-corrected chi connectivity index (χ3v) is 4.83. The van der Waals surface area contributed by atoms with Crippen LogP contribution in [0.15, 0.2) is 30.3 Å². The third-order valence-electron chi connectivity index (χ3n) is 4.83. The molecule has 2 fully saturated rings. The summed E-state index contributed by atoms with van der Waals surface area (Å²) in [6.07, 6.45) is -0.205. The monoisotopic (exact) mass is 333 g/mol. The van der Waals surface area contributed by atoms with Crippen molar-refractivity contribution in [2.75, 3.05) is 7.11 Å². The SMILES string of the molecule is COC(=O)[C@@H]1[C@@H](OC(=O)c2ccccc2)C[C@@H]2CC[C@H]1N2C(=O)O. The van der Waals surface area contributed by atoms with Gasteiger partial charge in [-0.05, 0) is 25.0 Å². The second kappa shape index (κ2) is 6.51. The average Bonchev–Trinajstić information content (AvgIpc) is 2.90. The molecule has 2 aliphatic rings. The van der Waals surface area contributed by atoms with Crippen LogP contribution in [0.4, 0.5) is 4.79 Å². The minimum Gasteiger partial charge on any atom is -0.469 e. The highest BCUT2D eigenvalue weighted by atomic mass is 16.6. The van der Waals surface area contributed by atoms with Gasteiger partial charge in [-0.25, -0.2) is 9.59 Å². The van der Waals surface area contributed by atoms with E-state index in [1.54, 1.807) is 30.3 Å². The van der Waals surface area contributed by atoms with E-state index in [1.807, 2.05) is 0 Å². The summed E-state index contributed by atoms with van der Waals surface area (Å²) in [5, 5.41) is 9.40. The predicted molar refractivity (Wildman–Crippen MR) is 82.4 cm³/mol. The Balaban J connectivity index is 1.83. The molecule has 128 valence electrons. The Kier molecular flexibility index (Phi) is 4.42. The number of carboxylic acid groups (broad SMARTS) is 1. The number of hydrogen-bond acceptors (Lipinski definition) is 5. The summed E-state index contributed by atoms with van der Waals surface area (Å²) in [5.74, 6) is -1.85. The van der Waals surface area contributed by atoms with Gasteiger partial charge in [-0.3, -0.25) is 4.79 Å². The zero-order chi connectivity index (χ0) is 17.3. The number of piperidine rings is 1. The van der Waals surface area contributed by atoms with Crippen LogP contribution < -0.4 is 0 Å². The van der Waals surface area contributed by atoms with Crippen molar-refractivity contribution in [1.29, 1.82) is 0 Å². The molecule has 2 saturated heterocycles. The third kappa shape index (κ3) is 2.81. The van der Waals surface area contributed by atoms with Crippen molar-refractivity contribution >= 4 is 18.0 Å².